The number of hydrogen-bond acceptors (Lipinski definition) is 3. The van der Waals surface area contributed by atoms with Crippen LogP contribution in [0.4, 0.5) is 0 Å². The lowest BCUT2D eigenvalue weighted by atomic mass is 10.1. The monoisotopic (exact) mass is 226 g/mol. The normalized spacial score (nSPS) is 14.4. The van der Waals surface area contributed by atoms with Gasteiger partial charge in [0.1, 0.15) is 5.75 Å². The molecule has 3 nitrogen and oxygen atoms in total. The molecule has 0 unspecified atom stereocenters. The van der Waals surface area contributed by atoms with Crippen molar-refractivity contribution in [3.8, 4) is 5.75 Å². The Kier molecular flexibility index (Phi) is 1.51. The second-order valence-corrected chi connectivity index (χ2v) is 3.27. The minimum absolute atomic E-state index is 0.328. The molecule has 1 aromatic rings. The second kappa shape index (κ2) is 2.42. The Hall–Kier alpha value is -1.16. The molecule has 60 valence electrons. The van der Waals surface area contributed by atoms with E-state index in [0.29, 0.717) is 11.3 Å². The summed E-state index contributed by atoms with van der Waals surface area (Å²) in [5, 5.41) is 0. The van der Waals surface area contributed by atoms with E-state index in [0.717, 1.165) is 4.47 Å². The average Bonchev–Trinajstić information content (AvgIpc) is 2.31. The van der Waals surface area contributed by atoms with Gasteiger partial charge < -0.3 is 4.74 Å². The highest BCUT2D eigenvalue weighted by molar-refractivity contribution is 9.10. The molecule has 2 rings (SSSR count). The van der Waals surface area contributed by atoms with Crippen LogP contribution in [-0.2, 0) is 4.79 Å². The topological polar surface area (TPSA) is 43.4 Å². The maximum absolute atomic E-state index is 11.1. The summed E-state index contributed by atoms with van der Waals surface area (Å²) in [6, 6.07) is 4.87. The number of benzene rings is 1. The van der Waals surface area contributed by atoms with Gasteiger partial charge in [-0.3, -0.25) is 4.79 Å². The molecule has 0 fully saturated rings. The first-order valence-electron chi connectivity index (χ1n) is 3.24. The van der Waals surface area contributed by atoms with Crippen molar-refractivity contribution >= 4 is 27.7 Å². The number of ether oxygens (including phenoxy) is 1. The van der Waals surface area contributed by atoms with E-state index in [1.807, 2.05) is 0 Å². The van der Waals surface area contributed by atoms with Crippen molar-refractivity contribution in [2.75, 3.05) is 0 Å². The first-order valence-corrected chi connectivity index (χ1v) is 4.04. The van der Waals surface area contributed by atoms with E-state index in [4.69, 9.17) is 0 Å². The van der Waals surface area contributed by atoms with Gasteiger partial charge in [-0.25, -0.2) is 4.79 Å². The van der Waals surface area contributed by atoms with Crippen molar-refractivity contribution in [2.45, 2.75) is 0 Å². The third-order valence-electron chi connectivity index (χ3n) is 1.57. The molecule has 0 N–H and O–H groups in total. The Balaban J connectivity index is 2.63. The van der Waals surface area contributed by atoms with E-state index >= 15 is 0 Å². The minimum Gasteiger partial charge on any atom is -0.420 e. The lowest BCUT2D eigenvalue weighted by Crippen LogP contribution is -2.10. The fourth-order valence-corrected chi connectivity index (χ4v) is 1.39. The largest absolute Gasteiger partial charge is 0.420 e. The van der Waals surface area contributed by atoms with Crippen molar-refractivity contribution in [1.29, 1.82) is 0 Å². The SMILES string of the molecule is O=C1Oc2ccc(Br)cc2C1=O. The van der Waals surface area contributed by atoms with Gasteiger partial charge in [-0.05, 0) is 18.2 Å². The van der Waals surface area contributed by atoms with Crippen LogP contribution < -0.4 is 4.74 Å². The number of ketones is 1. The number of esters is 1. The molecule has 0 aromatic heterocycles. The third-order valence-corrected chi connectivity index (χ3v) is 2.07. The van der Waals surface area contributed by atoms with E-state index < -0.39 is 11.8 Å². The zero-order chi connectivity index (χ0) is 8.72. The van der Waals surface area contributed by atoms with Gasteiger partial charge in [-0.15, -0.1) is 0 Å². The van der Waals surface area contributed by atoms with Gasteiger partial charge in [0.2, 0.25) is 0 Å². The fraction of sp³-hybridized carbons (Fsp3) is 0. The number of carbonyl (C=O) groups excluding carboxylic acids is 2. The molecule has 12 heavy (non-hydrogen) atoms. The number of fused-ring (bicyclic) bond motifs is 1. The predicted molar refractivity (Wildman–Crippen MR) is 44.1 cm³/mol. The Morgan fingerprint density at radius 3 is 2.75 bits per heavy atom. The fourth-order valence-electron chi connectivity index (χ4n) is 1.02. The lowest BCUT2D eigenvalue weighted by Gasteiger charge is -1.93. The van der Waals surface area contributed by atoms with Gasteiger partial charge in [0.25, 0.3) is 5.78 Å². The molecule has 1 aromatic carbocycles. The first-order chi connectivity index (χ1) is 5.68. The average molecular weight is 227 g/mol. The third kappa shape index (κ3) is 0.956. The number of rotatable bonds is 0. The van der Waals surface area contributed by atoms with Crippen LogP contribution in [-0.4, -0.2) is 11.8 Å². The van der Waals surface area contributed by atoms with Crippen LogP contribution in [0.1, 0.15) is 10.4 Å². The summed E-state index contributed by atoms with van der Waals surface area (Å²) in [5.41, 5.74) is 0.328. The molecule has 0 radical (unpaired) electrons. The molecular weight excluding hydrogens is 224 g/mol. The second-order valence-electron chi connectivity index (χ2n) is 2.36. The summed E-state index contributed by atoms with van der Waals surface area (Å²) in [7, 11) is 0. The summed E-state index contributed by atoms with van der Waals surface area (Å²) >= 11 is 3.19. The van der Waals surface area contributed by atoms with Gasteiger partial charge in [0.15, 0.2) is 0 Å². The first kappa shape index (κ1) is 7.49. The molecule has 0 atom stereocenters. The lowest BCUT2D eigenvalue weighted by molar-refractivity contribution is -0.128. The smallest absolute Gasteiger partial charge is 0.385 e. The Morgan fingerprint density at radius 1 is 1.25 bits per heavy atom. The Bertz CT molecular complexity index is 384. The molecule has 0 saturated carbocycles. The summed E-state index contributed by atoms with van der Waals surface area (Å²) in [6.45, 7) is 0. The van der Waals surface area contributed by atoms with Crippen molar-refractivity contribution in [1.82, 2.24) is 0 Å². The quantitative estimate of drug-likeness (QED) is 0.383. The highest BCUT2D eigenvalue weighted by Crippen LogP contribution is 2.28. The van der Waals surface area contributed by atoms with E-state index in [1.54, 1.807) is 18.2 Å². The zero-order valence-electron chi connectivity index (χ0n) is 5.83. The van der Waals surface area contributed by atoms with Crippen molar-refractivity contribution < 1.29 is 14.3 Å². The van der Waals surface area contributed by atoms with Crippen LogP contribution in [0, 0.1) is 0 Å². The number of halogens is 1. The van der Waals surface area contributed by atoms with Crippen molar-refractivity contribution in [2.24, 2.45) is 0 Å². The molecule has 0 saturated heterocycles. The Labute approximate surface area is 76.5 Å². The van der Waals surface area contributed by atoms with Crippen LogP contribution >= 0.6 is 15.9 Å². The summed E-state index contributed by atoms with van der Waals surface area (Å²) in [4.78, 5) is 21.8. The zero-order valence-corrected chi connectivity index (χ0v) is 7.42. The molecule has 0 spiro atoms. The van der Waals surface area contributed by atoms with E-state index in [2.05, 4.69) is 20.7 Å². The Morgan fingerprint density at radius 2 is 2.00 bits per heavy atom. The maximum atomic E-state index is 11.1. The van der Waals surface area contributed by atoms with Gasteiger partial charge in [0.05, 0.1) is 5.56 Å². The number of carbonyl (C=O) groups is 2. The van der Waals surface area contributed by atoms with Crippen LogP contribution in [0.3, 0.4) is 0 Å². The summed E-state index contributed by atoms with van der Waals surface area (Å²) in [5.74, 6) is -1.04. The van der Waals surface area contributed by atoms with Crippen LogP contribution in [0.15, 0.2) is 22.7 Å². The summed E-state index contributed by atoms with van der Waals surface area (Å²) in [6.07, 6.45) is 0. The minimum atomic E-state index is -0.803. The van der Waals surface area contributed by atoms with Crippen molar-refractivity contribution in [3.63, 3.8) is 0 Å². The van der Waals surface area contributed by atoms with Crippen LogP contribution in [0.2, 0.25) is 0 Å². The van der Waals surface area contributed by atoms with Gasteiger partial charge in [-0.2, -0.15) is 0 Å². The molecule has 0 aliphatic carbocycles. The molecule has 4 heteroatoms. The van der Waals surface area contributed by atoms with Crippen LogP contribution in [0.25, 0.3) is 0 Å². The molecule has 0 amide bonds. The molecular formula is C8H3BrO3. The standard InChI is InChI=1S/C8H3BrO3/c9-4-1-2-6-5(3-4)7(10)8(11)12-6/h1-3H. The van der Waals surface area contributed by atoms with Gasteiger partial charge in [-0.1, -0.05) is 15.9 Å². The van der Waals surface area contributed by atoms with E-state index in [9.17, 15) is 9.59 Å². The highest BCUT2D eigenvalue weighted by atomic mass is 79.9. The number of Topliss-reactive ketones (excluding diaryl/α,β-unsaturated/α-hetero) is 1. The molecule has 1 aliphatic rings. The summed E-state index contributed by atoms with van der Waals surface area (Å²) < 4.78 is 5.42. The number of hydrogen-bond donors (Lipinski definition) is 0. The van der Waals surface area contributed by atoms with Gasteiger partial charge in [0, 0.05) is 4.47 Å². The van der Waals surface area contributed by atoms with Gasteiger partial charge >= 0.3 is 5.97 Å². The van der Waals surface area contributed by atoms with Crippen LogP contribution in [0.5, 0.6) is 5.75 Å². The van der Waals surface area contributed by atoms with Crippen molar-refractivity contribution in [3.05, 3.63) is 28.2 Å². The molecule has 0 bridgehead atoms. The van der Waals surface area contributed by atoms with E-state index in [-0.39, 0.29) is 0 Å². The van der Waals surface area contributed by atoms with E-state index in [1.165, 1.54) is 0 Å². The molecule has 1 heterocycles. The highest BCUT2D eigenvalue weighted by Gasteiger charge is 2.30. The maximum Gasteiger partial charge on any atom is 0.385 e. The molecule has 1 aliphatic heterocycles. The predicted octanol–water partition coefficient (Wildman–Crippen LogP) is 1.55.